The predicted octanol–water partition coefficient (Wildman–Crippen LogP) is 2.87. The lowest BCUT2D eigenvalue weighted by molar-refractivity contribution is -0.146. The molecule has 3 aliphatic heterocycles. The molecule has 1 unspecified atom stereocenters. The Balaban J connectivity index is 1.42. The summed E-state index contributed by atoms with van der Waals surface area (Å²) >= 11 is 0. The van der Waals surface area contributed by atoms with Crippen LogP contribution in [0.5, 0.6) is 0 Å². The Kier molecular flexibility index (Phi) is 5.54. The molecule has 0 N–H and O–H groups in total. The van der Waals surface area contributed by atoms with Gasteiger partial charge >= 0.3 is 7.82 Å². The second-order valence-corrected chi connectivity index (χ2v) is 8.37. The molecule has 2 fully saturated rings. The van der Waals surface area contributed by atoms with E-state index in [0.717, 1.165) is 11.1 Å². The van der Waals surface area contributed by atoms with E-state index in [-0.39, 0.29) is 13.0 Å². The first kappa shape index (κ1) is 21.1. The molecule has 0 aliphatic carbocycles. The molecule has 13 heteroatoms. The summed E-state index contributed by atoms with van der Waals surface area (Å²) < 4.78 is 87.4. The number of carbonyl (C=O) groups is 2. The van der Waals surface area contributed by atoms with E-state index in [4.69, 9.17) is 18.3 Å². The third-order valence-corrected chi connectivity index (χ3v) is 6.18. The molecule has 0 bridgehead atoms. The van der Waals surface area contributed by atoms with Crippen molar-refractivity contribution in [1.29, 1.82) is 0 Å². The maximum absolute atomic E-state index is 13.7. The standard InChI is InChI=1S/C17H14F4NO7P/c18-8-1-10(19)9(11(20)2-8)6-26-30(25)27-7-15-14(29-30)4-17(28-15)22-5-12(21)13(23)3-16(22)24/h1-2,5,14-15,17H,3-4,6-7H2/t14-,15+,17+,30?/m0/s1. The highest BCUT2D eigenvalue weighted by atomic mass is 31.2. The van der Waals surface area contributed by atoms with Crippen LogP contribution in [-0.4, -0.2) is 41.6 Å². The average Bonchev–Trinajstić information content (AvgIpc) is 3.06. The number of hydrogen-bond acceptors (Lipinski definition) is 7. The highest BCUT2D eigenvalue weighted by Gasteiger charge is 2.49. The van der Waals surface area contributed by atoms with Gasteiger partial charge in [0.1, 0.15) is 35.9 Å². The first-order chi connectivity index (χ1) is 14.1. The van der Waals surface area contributed by atoms with Gasteiger partial charge in [0.05, 0.1) is 25.2 Å². The number of carbonyl (C=O) groups excluding carboxylic acids is 2. The normalized spacial score (nSPS) is 31.7. The van der Waals surface area contributed by atoms with E-state index in [2.05, 4.69) is 0 Å². The van der Waals surface area contributed by atoms with E-state index >= 15 is 0 Å². The van der Waals surface area contributed by atoms with Crippen LogP contribution in [0.1, 0.15) is 18.4 Å². The average molecular weight is 451 g/mol. The summed E-state index contributed by atoms with van der Waals surface area (Å²) in [5.41, 5.74) is -0.661. The monoisotopic (exact) mass is 451 g/mol. The molecule has 162 valence electrons. The quantitative estimate of drug-likeness (QED) is 0.395. The summed E-state index contributed by atoms with van der Waals surface area (Å²) in [4.78, 5) is 24.1. The summed E-state index contributed by atoms with van der Waals surface area (Å²) in [5, 5.41) is 0. The van der Waals surface area contributed by atoms with Gasteiger partial charge in [0.15, 0.2) is 5.83 Å². The fourth-order valence-electron chi connectivity index (χ4n) is 3.24. The van der Waals surface area contributed by atoms with Crippen molar-refractivity contribution in [2.24, 2.45) is 0 Å². The molecule has 1 amide bonds. The SMILES string of the molecule is O=C1CC(=O)N([C@H]2C[C@@H]3OP(=O)(OCc4c(F)cc(F)cc4F)OC[C@H]3O2)C=C1F. The van der Waals surface area contributed by atoms with Gasteiger partial charge in [-0.2, -0.15) is 0 Å². The van der Waals surface area contributed by atoms with Crippen LogP contribution in [-0.2, 0) is 39.1 Å². The van der Waals surface area contributed by atoms with E-state index in [1.54, 1.807) is 0 Å². The van der Waals surface area contributed by atoms with Gasteiger partial charge in [-0.1, -0.05) is 0 Å². The van der Waals surface area contributed by atoms with Gasteiger partial charge in [-0.25, -0.2) is 22.1 Å². The van der Waals surface area contributed by atoms with Crippen LogP contribution in [0, 0.1) is 17.5 Å². The van der Waals surface area contributed by atoms with E-state index < -0.39 is 79.8 Å². The summed E-state index contributed by atoms with van der Waals surface area (Å²) in [7, 11) is -4.26. The number of fused-ring (bicyclic) bond motifs is 1. The molecule has 1 aromatic carbocycles. The third-order valence-electron chi connectivity index (χ3n) is 4.74. The van der Waals surface area contributed by atoms with Gasteiger partial charge in [0, 0.05) is 24.8 Å². The fourth-order valence-corrected chi connectivity index (χ4v) is 4.60. The van der Waals surface area contributed by atoms with Crippen LogP contribution in [0.15, 0.2) is 24.2 Å². The minimum absolute atomic E-state index is 0.0373. The number of benzene rings is 1. The molecule has 0 radical (unpaired) electrons. The molecule has 3 heterocycles. The van der Waals surface area contributed by atoms with Gasteiger partial charge in [0.25, 0.3) is 0 Å². The molecular weight excluding hydrogens is 437 g/mol. The van der Waals surface area contributed by atoms with Crippen LogP contribution in [0.4, 0.5) is 17.6 Å². The Hall–Kier alpha value is -2.11. The van der Waals surface area contributed by atoms with Crippen LogP contribution >= 0.6 is 7.82 Å². The number of phosphoric ester groups is 1. The number of halogens is 4. The molecule has 4 rings (SSSR count). The van der Waals surface area contributed by atoms with Crippen LogP contribution in [0.25, 0.3) is 0 Å². The number of amides is 1. The lowest BCUT2D eigenvalue weighted by atomic mass is 10.1. The second-order valence-electron chi connectivity index (χ2n) is 6.75. The maximum Gasteiger partial charge on any atom is 0.475 e. The highest BCUT2D eigenvalue weighted by molar-refractivity contribution is 7.48. The van der Waals surface area contributed by atoms with Crippen molar-refractivity contribution < 1.29 is 50.0 Å². The minimum Gasteiger partial charge on any atom is -0.349 e. The third kappa shape index (κ3) is 4.06. The van der Waals surface area contributed by atoms with Gasteiger partial charge in [-0.05, 0) is 0 Å². The zero-order valence-electron chi connectivity index (χ0n) is 15.1. The van der Waals surface area contributed by atoms with Crippen molar-refractivity contribution in [3.63, 3.8) is 0 Å². The predicted molar refractivity (Wildman–Crippen MR) is 88.5 cm³/mol. The topological polar surface area (TPSA) is 91.4 Å². The number of Topliss-reactive ketones (excluding diaryl/α,β-unsaturated/α-hetero) is 1. The van der Waals surface area contributed by atoms with Crippen LogP contribution in [0.3, 0.4) is 0 Å². The lowest BCUT2D eigenvalue weighted by Crippen LogP contribution is -2.40. The maximum atomic E-state index is 13.7. The summed E-state index contributed by atoms with van der Waals surface area (Å²) in [6.07, 6.45) is -2.61. The number of ether oxygens (including phenoxy) is 1. The largest absolute Gasteiger partial charge is 0.475 e. The molecular formula is C17H14F4NO7P. The van der Waals surface area contributed by atoms with Crippen LogP contribution < -0.4 is 0 Å². The van der Waals surface area contributed by atoms with Gasteiger partial charge in [-0.15, -0.1) is 0 Å². The van der Waals surface area contributed by atoms with Gasteiger partial charge in [0.2, 0.25) is 11.7 Å². The molecule has 30 heavy (non-hydrogen) atoms. The van der Waals surface area contributed by atoms with Crippen LogP contribution in [0.2, 0.25) is 0 Å². The van der Waals surface area contributed by atoms with E-state index in [0.29, 0.717) is 12.1 Å². The summed E-state index contributed by atoms with van der Waals surface area (Å²) in [6.45, 7) is -1.14. The zero-order chi connectivity index (χ0) is 21.6. The summed E-state index contributed by atoms with van der Waals surface area (Å²) in [6, 6.07) is 0.886. The Morgan fingerprint density at radius 3 is 2.53 bits per heavy atom. The van der Waals surface area contributed by atoms with Gasteiger partial charge in [-0.3, -0.25) is 28.1 Å². The van der Waals surface area contributed by atoms with Crippen molar-refractivity contribution in [3.8, 4) is 0 Å². The van der Waals surface area contributed by atoms with Crippen molar-refractivity contribution in [2.75, 3.05) is 6.61 Å². The molecule has 4 atom stereocenters. The molecule has 1 aromatic rings. The molecule has 8 nitrogen and oxygen atoms in total. The number of phosphoric acid groups is 1. The lowest BCUT2D eigenvalue weighted by Gasteiger charge is -2.30. The number of hydrogen-bond donors (Lipinski definition) is 0. The first-order valence-electron chi connectivity index (χ1n) is 8.73. The van der Waals surface area contributed by atoms with E-state index in [1.807, 2.05) is 0 Å². The first-order valence-corrected chi connectivity index (χ1v) is 10.2. The Morgan fingerprint density at radius 2 is 1.83 bits per heavy atom. The Morgan fingerprint density at radius 1 is 1.13 bits per heavy atom. The van der Waals surface area contributed by atoms with E-state index in [1.165, 1.54) is 0 Å². The fraction of sp³-hybridized carbons (Fsp3) is 0.412. The second kappa shape index (κ2) is 7.86. The van der Waals surface area contributed by atoms with Crippen molar-refractivity contribution in [1.82, 2.24) is 4.90 Å². The molecule has 3 aliphatic rings. The zero-order valence-corrected chi connectivity index (χ0v) is 16.0. The Labute approximate surface area is 166 Å². The molecule has 2 saturated heterocycles. The van der Waals surface area contributed by atoms with Gasteiger partial charge < -0.3 is 4.74 Å². The van der Waals surface area contributed by atoms with Crippen molar-refractivity contribution >= 4 is 19.5 Å². The molecule has 0 spiro atoms. The smallest absolute Gasteiger partial charge is 0.349 e. The number of ketones is 1. The molecule has 0 saturated carbocycles. The molecule has 0 aromatic heterocycles. The highest BCUT2D eigenvalue weighted by Crippen LogP contribution is 2.56. The summed E-state index contributed by atoms with van der Waals surface area (Å²) in [5.74, 6) is -6.29. The Bertz CT molecular complexity index is 964. The number of allylic oxidation sites excluding steroid dienone is 1. The minimum atomic E-state index is -4.26. The van der Waals surface area contributed by atoms with Crippen molar-refractivity contribution in [2.45, 2.75) is 37.9 Å². The number of rotatable bonds is 4. The number of nitrogens with zero attached hydrogens (tertiary/aromatic N) is 1. The van der Waals surface area contributed by atoms with Crippen molar-refractivity contribution in [3.05, 3.63) is 47.2 Å². The van der Waals surface area contributed by atoms with E-state index in [9.17, 15) is 31.7 Å².